The normalized spacial score (nSPS) is 17.6. The van der Waals surface area contributed by atoms with E-state index in [9.17, 15) is 14.7 Å². The van der Waals surface area contributed by atoms with Gasteiger partial charge in [-0.2, -0.15) is 0 Å². The molecule has 142 valence electrons. The first-order chi connectivity index (χ1) is 13.6. The van der Waals surface area contributed by atoms with Gasteiger partial charge in [0.25, 0.3) is 5.91 Å². The number of benzene rings is 2. The number of hydrogen-bond donors (Lipinski definition) is 1. The van der Waals surface area contributed by atoms with E-state index in [1.54, 1.807) is 11.1 Å². The number of carbonyl (C=O) groups is 2. The summed E-state index contributed by atoms with van der Waals surface area (Å²) in [6.07, 6.45) is 0.780. The first kappa shape index (κ1) is 18.1. The fraction of sp³-hybridized carbons (Fsp3) is 0.227. The van der Waals surface area contributed by atoms with Crippen LogP contribution in [0.25, 0.3) is 10.8 Å². The SMILES string of the molecule is O=C1CN(C(=O)c2nccc3ccccc23)CC(O)CN1Cc1ccccc1. The van der Waals surface area contributed by atoms with Crippen LogP contribution in [0.15, 0.2) is 66.9 Å². The van der Waals surface area contributed by atoms with E-state index in [0.717, 1.165) is 16.3 Å². The molecule has 0 radical (unpaired) electrons. The molecule has 0 spiro atoms. The number of β-amino-alcohol motifs (C(OH)–C–C–N with tert-alkyl or cyclic N) is 1. The molecular weight excluding hydrogens is 354 g/mol. The van der Waals surface area contributed by atoms with Crippen molar-refractivity contribution in [2.75, 3.05) is 19.6 Å². The van der Waals surface area contributed by atoms with Crippen molar-refractivity contribution in [1.29, 1.82) is 0 Å². The number of aliphatic hydroxyl groups excluding tert-OH is 1. The molecule has 2 aromatic carbocycles. The van der Waals surface area contributed by atoms with Crippen LogP contribution in [0.5, 0.6) is 0 Å². The second-order valence-corrected chi connectivity index (χ2v) is 6.98. The minimum atomic E-state index is -0.811. The second kappa shape index (κ2) is 7.78. The van der Waals surface area contributed by atoms with Crippen LogP contribution in [0.4, 0.5) is 0 Å². The molecule has 0 bridgehead atoms. The third kappa shape index (κ3) is 3.73. The lowest BCUT2D eigenvalue weighted by molar-refractivity contribution is -0.131. The molecule has 0 saturated carbocycles. The number of pyridine rings is 1. The molecule has 1 aliphatic rings. The smallest absolute Gasteiger partial charge is 0.273 e. The number of fused-ring (bicyclic) bond motifs is 1. The number of aromatic nitrogens is 1. The maximum Gasteiger partial charge on any atom is 0.273 e. The Balaban J connectivity index is 1.57. The summed E-state index contributed by atoms with van der Waals surface area (Å²) in [7, 11) is 0. The van der Waals surface area contributed by atoms with E-state index >= 15 is 0 Å². The topological polar surface area (TPSA) is 73.7 Å². The monoisotopic (exact) mass is 375 g/mol. The van der Waals surface area contributed by atoms with Gasteiger partial charge in [0.15, 0.2) is 0 Å². The van der Waals surface area contributed by atoms with Gasteiger partial charge in [-0.05, 0) is 17.0 Å². The average molecular weight is 375 g/mol. The zero-order chi connectivity index (χ0) is 19.5. The Morgan fingerprint density at radius 3 is 2.61 bits per heavy atom. The maximum absolute atomic E-state index is 13.1. The van der Waals surface area contributed by atoms with E-state index in [-0.39, 0.29) is 31.4 Å². The summed E-state index contributed by atoms with van der Waals surface area (Å²) in [4.78, 5) is 33.1. The zero-order valence-electron chi connectivity index (χ0n) is 15.4. The summed E-state index contributed by atoms with van der Waals surface area (Å²) in [5, 5.41) is 12.1. The van der Waals surface area contributed by atoms with Crippen LogP contribution >= 0.6 is 0 Å². The predicted molar refractivity (Wildman–Crippen MR) is 106 cm³/mol. The van der Waals surface area contributed by atoms with Crippen LogP contribution in [0.3, 0.4) is 0 Å². The molecule has 1 aliphatic heterocycles. The standard InChI is InChI=1S/C22H21N3O3/c26-18-13-24(12-16-6-2-1-3-7-16)20(27)15-25(14-18)22(28)21-19-9-5-4-8-17(19)10-11-23-21/h1-11,18,26H,12-15H2. The van der Waals surface area contributed by atoms with Crippen molar-refractivity contribution in [2.45, 2.75) is 12.6 Å². The molecular formula is C22H21N3O3. The number of amides is 2. The lowest BCUT2D eigenvalue weighted by atomic mass is 10.1. The fourth-order valence-electron chi connectivity index (χ4n) is 3.55. The van der Waals surface area contributed by atoms with Gasteiger partial charge in [-0.25, -0.2) is 0 Å². The highest BCUT2D eigenvalue weighted by molar-refractivity contribution is 6.06. The lowest BCUT2D eigenvalue weighted by Gasteiger charge is -2.22. The molecule has 1 N–H and O–H groups in total. The molecule has 1 aromatic heterocycles. The Labute approximate surface area is 163 Å². The van der Waals surface area contributed by atoms with E-state index in [1.807, 2.05) is 60.7 Å². The summed E-state index contributed by atoms with van der Waals surface area (Å²) in [6.45, 7) is 0.625. The number of nitrogens with zero attached hydrogens (tertiary/aromatic N) is 3. The van der Waals surface area contributed by atoms with Crippen LogP contribution < -0.4 is 0 Å². The third-order valence-electron chi connectivity index (χ3n) is 4.92. The highest BCUT2D eigenvalue weighted by Gasteiger charge is 2.31. The van der Waals surface area contributed by atoms with E-state index in [2.05, 4.69) is 4.98 Å². The molecule has 0 aliphatic carbocycles. The second-order valence-electron chi connectivity index (χ2n) is 6.98. The molecule has 2 heterocycles. The van der Waals surface area contributed by atoms with Gasteiger partial charge in [0, 0.05) is 31.2 Å². The van der Waals surface area contributed by atoms with Gasteiger partial charge in [-0.3, -0.25) is 14.6 Å². The summed E-state index contributed by atoms with van der Waals surface area (Å²) < 4.78 is 0. The first-order valence-electron chi connectivity index (χ1n) is 9.24. The van der Waals surface area contributed by atoms with Crippen LogP contribution in [-0.2, 0) is 11.3 Å². The number of rotatable bonds is 3. The van der Waals surface area contributed by atoms with Gasteiger partial charge in [-0.15, -0.1) is 0 Å². The summed E-state index contributed by atoms with van der Waals surface area (Å²) in [5.74, 6) is -0.528. The van der Waals surface area contributed by atoms with Crippen LogP contribution in [0.2, 0.25) is 0 Å². The fourth-order valence-corrected chi connectivity index (χ4v) is 3.55. The lowest BCUT2D eigenvalue weighted by Crippen LogP contribution is -2.39. The van der Waals surface area contributed by atoms with Crippen molar-refractivity contribution >= 4 is 22.6 Å². The van der Waals surface area contributed by atoms with Crippen LogP contribution in [-0.4, -0.2) is 57.4 Å². The van der Waals surface area contributed by atoms with Gasteiger partial charge in [0.2, 0.25) is 5.91 Å². The largest absolute Gasteiger partial charge is 0.389 e. The summed E-state index contributed by atoms with van der Waals surface area (Å²) >= 11 is 0. The Bertz CT molecular complexity index is 1000. The van der Waals surface area contributed by atoms with E-state index < -0.39 is 6.10 Å². The van der Waals surface area contributed by atoms with Crippen LogP contribution in [0, 0.1) is 0 Å². The molecule has 1 unspecified atom stereocenters. The predicted octanol–water partition coefficient (Wildman–Crippen LogP) is 2.08. The number of aliphatic hydroxyl groups is 1. The van der Waals surface area contributed by atoms with Crippen molar-refractivity contribution in [3.63, 3.8) is 0 Å². The molecule has 1 saturated heterocycles. The molecule has 28 heavy (non-hydrogen) atoms. The van der Waals surface area contributed by atoms with Crippen molar-refractivity contribution in [2.24, 2.45) is 0 Å². The first-order valence-corrected chi connectivity index (χ1v) is 9.24. The summed E-state index contributed by atoms with van der Waals surface area (Å²) in [6, 6.07) is 19.0. The minimum Gasteiger partial charge on any atom is -0.389 e. The van der Waals surface area contributed by atoms with Gasteiger partial charge in [-0.1, -0.05) is 54.6 Å². The molecule has 2 amide bonds. The minimum absolute atomic E-state index is 0.0758. The molecule has 3 aromatic rings. The quantitative estimate of drug-likeness (QED) is 0.761. The Kier molecular flexibility index (Phi) is 5.04. The number of hydrogen-bond acceptors (Lipinski definition) is 4. The van der Waals surface area contributed by atoms with Crippen molar-refractivity contribution < 1.29 is 14.7 Å². The van der Waals surface area contributed by atoms with E-state index in [1.165, 1.54) is 4.90 Å². The molecule has 1 fully saturated rings. The average Bonchev–Trinajstić information content (AvgIpc) is 2.86. The summed E-state index contributed by atoms with van der Waals surface area (Å²) in [5.41, 5.74) is 1.29. The van der Waals surface area contributed by atoms with E-state index in [0.29, 0.717) is 12.2 Å². The molecule has 6 heteroatoms. The molecule has 6 nitrogen and oxygen atoms in total. The van der Waals surface area contributed by atoms with Gasteiger partial charge in [0.1, 0.15) is 12.2 Å². The van der Waals surface area contributed by atoms with Gasteiger partial charge >= 0.3 is 0 Å². The van der Waals surface area contributed by atoms with Crippen molar-refractivity contribution in [3.8, 4) is 0 Å². The van der Waals surface area contributed by atoms with Gasteiger partial charge in [0.05, 0.1) is 6.10 Å². The van der Waals surface area contributed by atoms with Crippen molar-refractivity contribution in [1.82, 2.24) is 14.8 Å². The Hall–Kier alpha value is -3.25. The van der Waals surface area contributed by atoms with Crippen molar-refractivity contribution in [3.05, 3.63) is 78.1 Å². The molecule has 1 atom stereocenters. The Morgan fingerprint density at radius 1 is 1.04 bits per heavy atom. The maximum atomic E-state index is 13.1. The highest BCUT2D eigenvalue weighted by atomic mass is 16.3. The Morgan fingerprint density at radius 2 is 1.79 bits per heavy atom. The third-order valence-corrected chi connectivity index (χ3v) is 4.92. The molecule has 4 rings (SSSR count). The highest BCUT2D eigenvalue weighted by Crippen LogP contribution is 2.19. The zero-order valence-corrected chi connectivity index (χ0v) is 15.4. The number of carbonyl (C=O) groups excluding carboxylic acids is 2. The van der Waals surface area contributed by atoms with E-state index in [4.69, 9.17) is 0 Å². The van der Waals surface area contributed by atoms with Crippen LogP contribution in [0.1, 0.15) is 16.1 Å². The van der Waals surface area contributed by atoms with Gasteiger partial charge < -0.3 is 14.9 Å².